The van der Waals surface area contributed by atoms with E-state index in [1.807, 2.05) is 24.3 Å². The maximum absolute atomic E-state index is 13.8. The highest BCUT2D eigenvalue weighted by atomic mass is 16.5. The lowest BCUT2D eigenvalue weighted by Gasteiger charge is -2.36. The fraction of sp³-hybridized carbons (Fsp3) is 0.439. The SMILES string of the molecule is C=CC=CC1C2=C[N+](C)(CCN(CC(C)=C(C)C=CC)CCOCCC(C)CCNc3ccccc3C(=C)C3=C2C(=O)NC3=C)C1C. The van der Waals surface area contributed by atoms with E-state index >= 15 is 0 Å². The number of hydrogen-bond donors (Lipinski definition) is 2. The third-order valence-corrected chi connectivity index (χ3v) is 10.3. The summed E-state index contributed by atoms with van der Waals surface area (Å²) >= 11 is 0. The summed E-state index contributed by atoms with van der Waals surface area (Å²) in [6.45, 7) is 29.8. The fourth-order valence-electron chi connectivity index (χ4n) is 6.94. The molecule has 6 nitrogen and oxygen atoms in total. The van der Waals surface area contributed by atoms with Gasteiger partial charge in [0.15, 0.2) is 0 Å². The topological polar surface area (TPSA) is 53.6 Å². The van der Waals surface area contributed by atoms with E-state index in [9.17, 15) is 4.79 Å². The maximum atomic E-state index is 13.8. The minimum absolute atomic E-state index is 0.0202. The van der Waals surface area contributed by atoms with Gasteiger partial charge in [0.05, 0.1) is 31.7 Å². The number of fused-ring (bicyclic) bond motifs is 3. The van der Waals surface area contributed by atoms with Gasteiger partial charge in [-0.15, -0.1) is 0 Å². The number of benzene rings is 1. The summed E-state index contributed by atoms with van der Waals surface area (Å²) in [6.07, 6.45) is 14.7. The van der Waals surface area contributed by atoms with Crippen LogP contribution in [0.25, 0.3) is 5.57 Å². The van der Waals surface area contributed by atoms with Crippen LogP contribution in [0.2, 0.25) is 0 Å². The number of likely N-dealkylation sites (N-methyl/N-ethyl adjacent to an activating group) is 1. The lowest BCUT2D eigenvalue weighted by Crippen LogP contribution is -2.50. The number of allylic oxidation sites excluding steroid dienone is 6. The van der Waals surface area contributed by atoms with Gasteiger partial charge >= 0.3 is 0 Å². The van der Waals surface area contributed by atoms with E-state index in [-0.39, 0.29) is 17.9 Å². The quantitative estimate of drug-likeness (QED) is 0.256. The van der Waals surface area contributed by atoms with Crippen molar-refractivity contribution in [1.82, 2.24) is 10.2 Å². The number of carbonyl (C=O) groups is 1. The number of rotatable bonds is 5. The minimum Gasteiger partial charge on any atom is -0.385 e. The molecular formula is C41H57N4O2+. The van der Waals surface area contributed by atoms with Gasteiger partial charge in [-0.05, 0) is 58.1 Å². The molecule has 2 N–H and O–H groups in total. The molecule has 1 aromatic rings. The molecule has 0 saturated carbocycles. The summed E-state index contributed by atoms with van der Waals surface area (Å²) in [5.74, 6) is 0.433. The van der Waals surface area contributed by atoms with Gasteiger partial charge in [0.2, 0.25) is 0 Å². The number of anilines is 1. The van der Waals surface area contributed by atoms with Crippen LogP contribution in [-0.2, 0) is 9.53 Å². The van der Waals surface area contributed by atoms with Gasteiger partial charge in [-0.3, -0.25) is 14.2 Å². The van der Waals surface area contributed by atoms with Gasteiger partial charge in [0.25, 0.3) is 5.91 Å². The Morgan fingerprint density at radius 3 is 2.62 bits per heavy atom. The Balaban J connectivity index is 1.81. The first-order chi connectivity index (χ1) is 22.5. The zero-order valence-corrected chi connectivity index (χ0v) is 29.7. The smallest absolute Gasteiger partial charge is 0.256 e. The van der Waals surface area contributed by atoms with Crippen LogP contribution in [0, 0.1) is 11.8 Å². The average molecular weight is 638 g/mol. The molecule has 0 fully saturated rings. The van der Waals surface area contributed by atoms with Gasteiger partial charge in [-0.2, -0.15) is 0 Å². The molecule has 252 valence electrons. The van der Waals surface area contributed by atoms with Crippen molar-refractivity contribution in [2.24, 2.45) is 11.8 Å². The number of hydrogen-bond acceptors (Lipinski definition) is 4. The van der Waals surface area contributed by atoms with Crippen molar-refractivity contribution in [3.8, 4) is 0 Å². The van der Waals surface area contributed by atoms with Gasteiger partial charge in [-0.1, -0.05) is 86.4 Å². The zero-order valence-electron chi connectivity index (χ0n) is 29.7. The molecule has 3 aliphatic heterocycles. The van der Waals surface area contributed by atoms with Crippen LogP contribution in [0.15, 0.2) is 114 Å². The molecule has 0 saturated heterocycles. The Labute approximate surface area is 284 Å². The summed E-state index contributed by atoms with van der Waals surface area (Å²) in [7, 11) is 2.29. The van der Waals surface area contributed by atoms with Gasteiger partial charge in [0.1, 0.15) is 12.2 Å². The van der Waals surface area contributed by atoms with E-state index in [1.54, 1.807) is 0 Å². The minimum atomic E-state index is -0.115. The largest absolute Gasteiger partial charge is 0.385 e. The van der Waals surface area contributed by atoms with E-state index in [1.165, 1.54) is 11.1 Å². The summed E-state index contributed by atoms with van der Waals surface area (Å²) in [4.78, 5) is 16.3. The van der Waals surface area contributed by atoms with Crippen molar-refractivity contribution in [3.05, 3.63) is 120 Å². The predicted octanol–water partition coefficient (Wildman–Crippen LogP) is 7.80. The molecule has 47 heavy (non-hydrogen) atoms. The number of quaternary nitrogens is 1. The second-order valence-electron chi connectivity index (χ2n) is 13.7. The third-order valence-electron chi connectivity index (χ3n) is 10.3. The first-order valence-electron chi connectivity index (χ1n) is 17.2. The molecule has 4 unspecified atom stereocenters. The van der Waals surface area contributed by atoms with E-state index < -0.39 is 0 Å². The van der Waals surface area contributed by atoms with Crippen molar-refractivity contribution in [3.63, 3.8) is 0 Å². The van der Waals surface area contributed by atoms with Crippen LogP contribution in [-0.4, -0.2) is 74.3 Å². The first-order valence-corrected chi connectivity index (χ1v) is 17.2. The highest BCUT2D eigenvalue weighted by molar-refractivity contribution is 6.10. The Morgan fingerprint density at radius 2 is 1.87 bits per heavy atom. The molecule has 1 amide bonds. The molecular weight excluding hydrogens is 580 g/mol. The fourth-order valence-corrected chi connectivity index (χ4v) is 6.94. The second-order valence-corrected chi connectivity index (χ2v) is 13.7. The molecule has 0 spiro atoms. The molecule has 6 heteroatoms. The molecule has 0 aromatic heterocycles. The number of nitrogens with zero attached hydrogens (tertiary/aromatic N) is 2. The standard InChI is InChI=1S/C41H56N4O2/c1-10-12-16-36-34(8)45(9)24-22-44(27-31(5)30(4)15-11-2)23-26-47-25-20-29(3)19-21-42-38-18-14-13-17-35(38)32(6)39-33(7)43-41(46)40(39)37(36)28-45/h10-18,28-29,34,36,42H,1,6-7,19-27H2,2-5,8-9H3/p+1. The molecule has 2 bridgehead atoms. The number of nitrogens with one attached hydrogen (secondary N) is 2. The van der Waals surface area contributed by atoms with Crippen LogP contribution in [0.4, 0.5) is 5.69 Å². The van der Waals surface area contributed by atoms with E-state index in [0.29, 0.717) is 28.3 Å². The van der Waals surface area contributed by atoms with E-state index in [0.717, 1.165) is 80.1 Å². The van der Waals surface area contributed by atoms with Crippen molar-refractivity contribution in [2.75, 3.05) is 58.3 Å². The number of carbonyl (C=O) groups excluding carboxylic acids is 1. The summed E-state index contributed by atoms with van der Waals surface area (Å²) < 4.78 is 6.92. The van der Waals surface area contributed by atoms with Gasteiger partial charge in [0, 0.05) is 60.9 Å². The molecule has 0 radical (unpaired) electrons. The molecule has 0 aliphatic carbocycles. The molecule has 3 aliphatic rings. The van der Waals surface area contributed by atoms with Crippen LogP contribution in [0.3, 0.4) is 0 Å². The van der Waals surface area contributed by atoms with Crippen molar-refractivity contribution in [2.45, 2.75) is 53.5 Å². The van der Waals surface area contributed by atoms with Gasteiger partial charge in [-0.25, -0.2) is 0 Å². The monoisotopic (exact) mass is 637 g/mol. The number of ether oxygens (including phenoxy) is 1. The summed E-state index contributed by atoms with van der Waals surface area (Å²) in [5, 5.41) is 6.71. The van der Waals surface area contributed by atoms with Crippen LogP contribution >= 0.6 is 0 Å². The number of amides is 1. The highest BCUT2D eigenvalue weighted by Crippen LogP contribution is 2.45. The first kappa shape index (κ1) is 36.1. The Morgan fingerprint density at radius 1 is 1.11 bits per heavy atom. The maximum Gasteiger partial charge on any atom is 0.256 e. The summed E-state index contributed by atoms with van der Waals surface area (Å²) in [6, 6.07) is 8.45. The third kappa shape index (κ3) is 8.61. The molecule has 4 rings (SSSR count). The van der Waals surface area contributed by atoms with Crippen molar-refractivity contribution < 1.29 is 14.0 Å². The van der Waals surface area contributed by atoms with Crippen LogP contribution in [0.5, 0.6) is 0 Å². The van der Waals surface area contributed by atoms with Crippen LogP contribution in [0.1, 0.15) is 53.0 Å². The predicted molar refractivity (Wildman–Crippen MR) is 199 cm³/mol. The van der Waals surface area contributed by atoms with Crippen LogP contribution < -0.4 is 10.6 Å². The lowest BCUT2D eigenvalue weighted by atomic mass is 9.85. The average Bonchev–Trinajstić information content (AvgIpc) is 3.47. The summed E-state index contributed by atoms with van der Waals surface area (Å²) in [5.41, 5.74) is 8.58. The van der Waals surface area contributed by atoms with Gasteiger partial charge < -0.3 is 15.4 Å². The molecule has 4 atom stereocenters. The van der Waals surface area contributed by atoms with Crippen molar-refractivity contribution >= 4 is 17.2 Å². The second kappa shape index (κ2) is 16.4. The molecule has 1 aromatic carbocycles. The normalized spacial score (nSPS) is 27.7. The Hall–Kier alpha value is -3.71. The molecule has 3 heterocycles. The lowest BCUT2D eigenvalue weighted by molar-refractivity contribution is -0.879. The van der Waals surface area contributed by atoms with Crippen molar-refractivity contribution in [1.29, 1.82) is 0 Å². The van der Waals surface area contributed by atoms with E-state index in [2.05, 4.69) is 113 Å². The zero-order chi connectivity index (χ0) is 34.1. The van der Waals surface area contributed by atoms with E-state index in [4.69, 9.17) is 4.74 Å². The Bertz CT molecular complexity index is 1510. The highest BCUT2D eigenvalue weighted by Gasteiger charge is 2.46. The number of para-hydroxylation sites is 1. The Kier molecular flexibility index (Phi) is 12.6.